The predicted octanol–water partition coefficient (Wildman–Crippen LogP) is 7.14. The molecule has 0 aliphatic heterocycles. The first-order chi connectivity index (χ1) is 15.2. The molecule has 3 aromatic carbocycles. The molecule has 0 atom stereocenters. The topological polar surface area (TPSA) is 48.7 Å². The Morgan fingerprint density at radius 2 is 1.75 bits per heavy atom. The lowest BCUT2D eigenvalue weighted by atomic mass is 10.2. The molecule has 0 fully saturated rings. The number of benzene rings is 3. The third-order valence-corrected chi connectivity index (χ3v) is 4.82. The minimum absolute atomic E-state index is 0.0595. The molecular weight excluding hydrogens is 445 g/mol. The number of fused-ring (bicyclic) bond motifs is 1. The summed E-state index contributed by atoms with van der Waals surface area (Å²) in [4.78, 5) is 12.9. The molecule has 4 rings (SSSR count). The second-order valence-electron chi connectivity index (χ2n) is 7.08. The lowest BCUT2D eigenvalue weighted by molar-refractivity contribution is -0.154. The van der Waals surface area contributed by atoms with Gasteiger partial charge in [0.1, 0.15) is 23.7 Å². The number of rotatable bonds is 5. The van der Waals surface area contributed by atoms with Gasteiger partial charge in [-0.1, -0.05) is 35.9 Å². The molecule has 164 valence electrons. The summed E-state index contributed by atoms with van der Waals surface area (Å²) in [6.07, 6.45) is -4.94. The number of ether oxygens (including phenoxy) is 2. The van der Waals surface area contributed by atoms with E-state index in [1.165, 1.54) is 30.3 Å². The van der Waals surface area contributed by atoms with Crippen LogP contribution < -0.4 is 14.9 Å². The third-order valence-electron chi connectivity index (χ3n) is 4.58. The van der Waals surface area contributed by atoms with Crippen molar-refractivity contribution in [2.24, 2.45) is 0 Å². The molecule has 0 amide bonds. The van der Waals surface area contributed by atoms with Crippen LogP contribution in [0.4, 0.5) is 13.2 Å². The van der Waals surface area contributed by atoms with Crippen molar-refractivity contribution in [3.63, 3.8) is 0 Å². The van der Waals surface area contributed by atoms with Crippen LogP contribution in [0.1, 0.15) is 16.9 Å². The van der Waals surface area contributed by atoms with Crippen LogP contribution in [-0.2, 0) is 12.8 Å². The molecule has 0 saturated heterocycles. The molecule has 1 heterocycles. The van der Waals surface area contributed by atoms with Crippen molar-refractivity contribution in [2.75, 3.05) is 0 Å². The summed E-state index contributed by atoms with van der Waals surface area (Å²) >= 11 is 5.94. The molecule has 0 radical (unpaired) electrons. The number of hydrogen-bond donors (Lipinski definition) is 0. The monoisotopic (exact) mass is 460 g/mol. The first-order valence-corrected chi connectivity index (χ1v) is 9.88. The Hall–Kier alpha value is -3.45. The van der Waals surface area contributed by atoms with Gasteiger partial charge in [0.15, 0.2) is 0 Å². The highest BCUT2D eigenvalue weighted by atomic mass is 35.5. The average molecular weight is 461 g/mol. The molecule has 0 spiro atoms. The van der Waals surface area contributed by atoms with Gasteiger partial charge < -0.3 is 13.9 Å². The van der Waals surface area contributed by atoms with Crippen LogP contribution in [0.25, 0.3) is 11.0 Å². The van der Waals surface area contributed by atoms with Gasteiger partial charge >= 0.3 is 6.18 Å². The van der Waals surface area contributed by atoms with Crippen LogP contribution in [0.3, 0.4) is 0 Å². The molecule has 1 aromatic heterocycles. The second-order valence-corrected chi connectivity index (χ2v) is 7.52. The molecule has 0 unspecified atom stereocenters. The van der Waals surface area contributed by atoms with E-state index in [2.05, 4.69) is 0 Å². The van der Waals surface area contributed by atoms with E-state index in [4.69, 9.17) is 25.5 Å². The molecule has 4 aromatic rings. The van der Waals surface area contributed by atoms with Crippen molar-refractivity contribution in [3.05, 3.63) is 98.9 Å². The molecule has 0 bridgehead atoms. The van der Waals surface area contributed by atoms with Gasteiger partial charge in [0.05, 0.1) is 5.39 Å². The smallest absolute Gasteiger partial charge is 0.453 e. The van der Waals surface area contributed by atoms with Gasteiger partial charge in [-0.3, -0.25) is 4.79 Å². The Bertz CT molecular complexity index is 1350. The fraction of sp³-hybridized carbons (Fsp3) is 0.125. The largest absolute Gasteiger partial charge is 0.489 e. The summed E-state index contributed by atoms with van der Waals surface area (Å²) in [5.74, 6) is -2.09. The van der Waals surface area contributed by atoms with Gasteiger partial charge in [0, 0.05) is 11.1 Å². The minimum atomic E-state index is -4.94. The number of alkyl halides is 3. The van der Waals surface area contributed by atoms with Crippen molar-refractivity contribution in [1.82, 2.24) is 0 Å². The van der Waals surface area contributed by atoms with Crippen molar-refractivity contribution in [2.45, 2.75) is 19.7 Å². The van der Waals surface area contributed by atoms with Crippen LogP contribution >= 0.6 is 11.6 Å². The Kier molecular flexibility index (Phi) is 5.84. The zero-order valence-corrected chi connectivity index (χ0v) is 17.5. The summed E-state index contributed by atoms with van der Waals surface area (Å²) in [7, 11) is 0. The lowest BCUT2D eigenvalue weighted by Gasteiger charge is -2.14. The fourth-order valence-electron chi connectivity index (χ4n) is 3.12. The normalized spacial score (nSPS) is 11.5. The standard InChI is InChI=1S/C24H16ClF3O4/c1-14-4-2-7-18(10-14)31-22-21(29)19-9-8-17(12-20(19)32-23(22)24(26,27)28)30-13-15-5-3-6-16(25)11-15/h2-12H,13H2,1H3. The minimum Gasteiger partial charge on any atom is -0.489 e. The Balaban J connectivity index is 1.73. The van der Waals surface area contributed by atoms with Crippen molar-refractivity contribution in [1.29, 1.82) is 0 Å². The Morgan fingerprint density at radius 1 is 0.969 bits per heavy atom. The van der Waals surface area contributed by atoms with Crippen molar-refractivity contribution >= 4 is 22.6 Å². The Labute approximate surface area is 185 Å². The van der Waals surface area contributed by atoms with Crippen LogP contribution in [0.15, 0.2) is 75.9 Å². The average Bonchev–Trinajstić information content (AvgIpc) is 2.73. The van der Waals surface area contributed by atoms with E-state index in [1.54, 1.807) is 43.3 Å². The van der Waals surface area contributed by atoms with Gasteiger partial charge in [-0.15, -0.1) is 0 Å². The van der Waals surface area contributed by atoms with Gasteiger partial charge in [-0.25, -0.2) is 0 Å². The van der Waals surface area contributed by atoms with Gasteiger partial charge in [0.2, 0.25) is 11.2 Å². The van der Waals surface area contributed by atoms with E-state index < -0.39 is 23.1 Å². The maximum absolute atomic E-state index is 13.7. The second kappa shape index (κ2) is 8.59. The van der Waals surface area contributed by atoms with Gasteiger partial charge in [0.25, 0.3) is 5.76 Å². The fourth-order valence-corrected chi connectivity index (χ4v) is 3.33. The van der Waals surface area contributed by atoms with E-state index in [-0.39, 0.29) is 29.1 Å². The van der Waals surface area contributed by atoms with E-state index in [0.717, 1.165) is 11.1 Å². The molecule has 0 N–H and O–H groups in total. The highest BCUT2D eigenvalue weighted by Crippen LogP contribution is 2.38. The first kappa shape index (κ1) is 21.8. The maximum atomic E-state index is 13.7. The molecule has 4 nitrogen and oxygen atoms in total. The van der Waals surface area contributed by atoms with Crippen LogP contribution in [0.2, 0.25) is 5.02 Å². The van der Waals surface area contributed by atoms with Crippen molar-refractivity contribution < 1.29 is 27.1 Å². The molecule has 0 saturated carbocycles. The highest BCUT2D eigenvalue weighted by Gasteiger charge is 2.40. The summed E-state index contributed by atoms with van der Waals surface area (Å²) in [6.45, 7) is 1.89. The summed E-state index contributed by atoms with van der Waals surface area (Å²) in [5, 5.41) is 0.474. The van der Waals surface area contributed by atoms with Crippen LogP contribution in [-0.4, -0.2) is 0 Å². The maximum Gasteiger partial charge on any atom is 0.453 e. The predicted molar refractivity (Wildman–Crippen MR) is 115 cm³/mol. The zero-order valence-electron chi connectivity index (χ0n) is 16.7. The quantitative estimate of drug-likeness (QED) is 0.317. The SMILES string of the molecule is Cc1cccc(Oc2c(C(F)(F)F)oc3cc(OCc4cccc(Cl)c4)ccc3c2=O)c1. The summed E-state index contributed by atoms with van der Waals surface area (Å²) in [5.41, 5.74) is 0.351. The molecule has 32 heavy (non-hydrogen) atoms. The van der Waals surface area contributed by atoms with E-state index in [9.17, 15) is 18.0 Å². The van der Waals surface area contributed by atoms with Crippen LogP contribution in [0.5, 0.6) is 17.2 Å². The van der Waals surface area contributed by atoms with Crippen molar-refractivity contribution in [3.8, 4) is 17.2 Å². The molecule has 0 aliphatic rings. The van der Waals surface area contributed by atoms with Crippen LogP contribution in [0, 0.1) is 6.92 Å². The number of halogens is 4. The Morgan fingerprint density at radius 3 is 2.47 bits per heavy atom. The summed E-state index contributed by atoms with van der Waals surface area (Å²) in [6, 6.07) is 17.4. The number of hydrogen-bond acceptors (Lipinski definition) is 4. The molecular formula is C24H16ClF3O4. The third kappa shape index (κ3) is 4.73. The molecule has 8 heteroatoms. The zero-order chi connectivity index (χ0) is 22.9. The number of aryl methyl sites for hydroxylation is 1. The van der Waals surface area contributed by atoms with E-state index >= 15 is 0 Å². The highest BCUT2D eigenvalue weighted by molar-refractivity contribution is 6.30. The van der Waals surface area contributed by atoms with Gasteiger partial charge in [-0.05, 0) is 54.4 Å². The van der Waals surface area contributed by atoms with E-state index in [1.807, 2.05) is 0 Å². The van der Waals surface area contributed by atoms with E-state index in [0.29, 0.717) is 5.02 Å². The molecule has 0 aliphatic carbocycles. The summed E-state index contributed by atoms with van der Waals surface area (Å²) < 4.78 is 57.1. The van der Waals surface area contributed by atoms with Gasteiger partial charge in [-0.2, -0.15) is 13.2 Å². The lowest BCUT2D eigenvalue weighted by Crippen LogP contribution is -2.15. The first-order valence-electron chi connectivity index (χ1n) is 9.50.